The molecule has 14 heavy (non-hydrogen) atoms. The van der Waals surface area contributed by atoms with Gasteiger partial charge in [-0.25, -0.2) is 4.39 Å². The zero-order valence-corrected chi connectivity index (χ0v) is 8.54. The van der Waals surface area contributed by atoms with E-state index in [1.54, 1.807) is 12.1 Å². The number of hydrogen-bond acceptors (Lipinski definition) is 1. The summed E-state index contributed by atoms with van der Waals surface area (Å²) < 4.78 is 13.5. The molecule has 1 atom stereocenters. The fraction of sp³-hybridized carbons (Fsp3) is 0.500. The Balaban J connectivity index is 2.25. The molecule has 0 radical (unpaired) electrons. The van der Waals surface area contributed by atoms with E-state index in [1.807, 2.05) is 12.1 Å². The van der Waals surface area contributed by atoms with Gasteiger partial charge in [0.2, 0.25) is 0 Å². The normalized spacial score (nSPS) is 23.7. The Morgan fingerprint density at radius 2 is 2.07 bits per heavy atom. The van der Waals surface area contributed by atoms with Crippen molar-refractivity contribution in [2.24, 2.45) is 0 Å². The number of halogens is 1. The molecule has 2 heteroatoms. The maximum atomic E-state index is 13.5. The Kier molecular flexibility index (Phi) is 2.82. The average Bonchev–Trinajstić information content (AvgIpc) is 2.20. The highest BCUT2D eigenvalue weighted by Crippen LogP contribution is 2.30. The van der Waals surface area contributed by atoms with Crippen LogP contribution in [-0.2, 0) is 0 Å². The molecular weight excluding hydrogens is 177 g/mol. The van der Waals surface area contributed by atoms with Gasteiger partial charge in [0, 0.05) is 11.6 Å². The largest absolute Gasteiger partial charge is 0.299 e. The maximum Gasteiger partial charge on any atom is 0.127 e. The van der Waals surface area contributed by atoms with E-state index in [4.69, 9.17) is 0 Å². The lowest BCUT2D eigenvalue weighted by Crippen LogP contribution is -2.30. The molecule has 76 valence electrons. The summed E-state index contributed by atoms with van der Waals surface area (Å²) in [5.74, 6) is -0.0637. The number of piperidine rings is 1. The SMILES string of the molecule is CN1CCCCC1c1ccccc1F. The first-order chi connectivity index (χ1) is 6.79. The first-order valence-electron chi connectivity index (χ1n) is 5.23. The van der Waals surface area contributed by atoms with Crippen molar-refractivity contribution in [3.8, 4) is 0 Å². The van der Waals surface area contributed by atoms with Crippen LogP contribution in [0, 0.1) is 5.82 Å². The van der Waals surface area contributed by atoms with E-state index in [0.29, 0.717) is 0 Å². The van der Waals surface area contributed by atoms with Gasteiger partial charge in [-0.2, -0.15) is 0 Å². The summed E-state index contributed by atoms with van der Waals surface area (Å²) in [7, 11) is 2.08. The first kappa shape index (κ1) is 9.66. The molecule has 1 aliphatic heterocycles. The van der Waals surface area contributed by atoms with Gasteiger partial charge in [-0.1, -0.05) is 24.6 Å². The molecule has 0 spiro atoms. The molecule has 1 nitrogen and oxygen atoms in total. The van der Waals surface area contributed by atoms with Crippen molar-refractivity contribution in [1.82, 2.24) is 4.90 Å². The summed E-state index contributed by atoms with van der Waals surface area (Å²) >= 11 is 0. The molecule has 0 amide bonds. The van der Waals surface area contributed by atoms with Crippen molar-refractivity contribution in [1.29, 1.82) is 0 Å². The quantitative estimate of drug-likeness (QED) is 0.662. The van der Waals surface area contributed by atoms with Crippen LogP contribution in [0.4, 0.5) is 4.39 Å². The molecule has 2 rings (SSSR count). The minimum atomic E-state index is -0.0637. The number of benzene rings is 1. The second-order valence-electron chi connectivity index (χ2n) is 4.01. The summed E-state index contributed by atoms with van der Waals surface area (Å²) in [6, 6.07) is 7.41. The second-order valence-corrected chi connectivity index (χ2v) is 4.01. The molecule has 0 N–H and O–H groups in total. The molecule has 1 heterocycles. The van der Waals surface area contributed by atoms with Crippen LogP contribution < -0.4 is 0 Å². The van der Waals surface area contributed by atoms with E-state index in [1.165, 1.54) is 12.8 Å². The molecule has 1 fully saturated rings. The molecule has 0 aromatic heterocycles. The third-order valence-electron chi connectivity index (χ3n) is 3.03. The standard InChI is InChI=1S/C12H16FN/c1-14-9-5-4-8-12(14)10-6-2-3-7-11(10)13/h2-3,6-7,12H,4-5,8-9H2,1H3. The summed E-state index contributed by atoms with van der Waals surface area (Å²) in [6.45, 7) is 1.08. The highest BCUT2D eigenvalue weighted by molar-refractivity contribution is 5.21. The lowest BCUT2D eigenvalue weighted by molar-refractivity contribution is 0.183. The Hall–Kier alpha value is -0.890. The van der Waals surface area contributed by atoms with Gasteiger partial charge in [-0.15, -0.1) is 0 Å². The highest BCUT2D eigenvalue weighted by atomic mass is 19.1. The second kappa shape index (κ2) is 4.09. The van der Waals surface area contributed by atoms with Crippen LogP contribution in [0.2, 0.25) is 0 Å². The Bertz CT molecular complexity index is 311. The van der Waals surface area contributed by atoms with Crippen molar-refractivity contribution in [3.63, 3.8) is 0 Å². The zero-order valence-electron chi connectivity index (χ0n) is 8.54. The number of nitrogens with zero attached hydrogens (tertiary/aromatic N) is 1. The minimum absolute atomic E-state index is 0.0637. The predicted octanol–water partition coefficient (Wildman–Crippen LogP) is 2.98. The van der Waals surface area contributed by atoms with E-state index in [-0.39, 0.29) is 11.9 Å². The smallest absolute Gasteiger partial charge is 0.127 e. The van der Waals surface area contributed by atoms with Crippen molar-refractivity contribution in [3.05, 3.63) is 35.6 Å². The zero-order chi connectivity index (χ0) is 9.97. The van der Waals surface area contributed by atoms with E-state index in [2.05, 4.69) is 11.9 Å². The number of rotatable bonds is 1. The monoisotopic (exact) mass is 193 g/mol. The molecule has 0 saturated carbocycles. The first-order valence-corrected chi connectivity index (χ1v) is 5.23. The van der Waals surface area contributed by atoms with Crippen LogP contribution in [0.5, 0.6) is 0 Å². The molecule has 1 aromatic carbocycles. The molecule has 1 unspecified atom stereocenters. The van der Waals surface area contributed by atoms with Crippen LogP contribution in [0.1, 0.15) is 30.9 Å². The van der Waals surface area contributed by atoms with Gasteiger partial charge < -0.3 is 0 Å². The van der Waals surface area contributed by atoms with Crippen LogP contribution >= 0.6 is 0 Å². The van der Waals surface area contributed by atoms with Gasteiger partial charge in [0.05, 0.1) is 0 Å². The number of hydrogen-bond donors (Lipinski definition) is 0. The summed E-state index contributed by atoms with van der Waals surface area (Å²) in [5.41, 5.74) is 0.856. The van der Waals surface area contributed by atoms with Crippen LogP contribution in [-0.4, -0.2) is 18.5 Å². The Labute approximate surface area is 84.5 Å². The van der Waals surface area contributed by atoms with Crippen LogP contribution in [0.3, 0.4) is 0 Å². The van der Waals surface area contributed by atoms with Gasteiger partial charge in [0.25, 0.3) is 0 Å². The molecule has 1 aromatic rings. The lowest BCUT2D eigenvalue weighted by Gasteiger charge is -2.32. The molecule has 0 bridgehead atoms. The van der Waals surface area contributed by atoms with E-state index in [0.717, 1.165) is 18.5 Å². The Morgan fingerprint density at radius 1 is 1.29 bits per heavy atom. The van der Waals surface area contributed by atoms with Crippen molar-refractivity contribution in [2.45, 2.75) is 25.3 Å². The van der Waals surface area contributed by atoms with E-state index >= 15 is 0 Å². The summed E-state index contributed by atoms with van der Waals surface area (Å²) in [5, 5.41) is 0. The molecular formula is C12H16FN. The highest BCUT2D eigenvalue weighted by Gasteiger charge is 2.22. The third-order valence-corrected chi connectivity index (χ3v) is 3.03. The van der Waals surface area contributed by atoms with Gasteiger partial charge in [0.15, 0.2) is 0 Å². The van der Waals surface area contributed by atoms with Gasteiger partial charge >= 0.3 is 0 Å². The van der Waals surface area contributed by atoms with Gasteiger partial charge in [-0.05, 0) is 32.5 Å². The van der Waals surface area contributed by atoms with Gasteiger partial charge in [-0.3, -0.25) is 4.90 Å². The topological polar surface area (TPSA) is 3.24 Å². The lowest BCUT2D eigenvalue weighted by atomic mass is 9.95. The summed E-state index contributed by atoms with van der Waals surface area (Å²) in [6.07, 6.45) is 3.53. The summed E-state index contributed by atoms with van der Waals surface area (Å²) in [4.78, 5) is 2.25. The molecule has 1 aliphatic rings. The third kappa shape index (κ3) is 1.80. The van der Waals surface area contributed by atoms with E-state index in [9.17, 15) is 4.39 Å². The minimum Gasteiger partial charge on any atom is -0.299 e. The van der Waals surface area contributed by atoms with Crippen molar-refractivity contribution >= 4 is 0 Å². The molecule has 0 aliphatic carbocycles. The average molecular weight is 193 g/mol. The predicted molar refractivity (Wildman–Crippen MR) is 55.6 cm³/mol. The number of likely N-dealkylation sites (tertiary alicyclic amines) is 1. The van der Waals surface area contributed by atoms with Gasteiger partial charge in [0.1, 0.15) is 5.82 Å². The Morgan fingerprint density at radius 3 is 2.79 bits per heavy atom. The maximum absolute atomic E-state index is 13.5. The molecule has 1 saturated heterocycles. The van der Waals surface area contributed by atoms with Crippen molar-refractivity contribution < 1.29 is 4.39 Å². The van der Waals surface area contributed by atoms with E-state index < -0.39 is 0 Å². The fourth-order valence-electron chi connectivity index (χ4n) is 2.21. The van der Waals surface area contributed by atoms with Crippen LogP contribution in [0.15, 0.2) is 24.3 Å². The van der Waals surface area contributed by atoms with Crippen molar-refractivity contribution in [2.75, 3.05) is 13.6 Å². The van der Waals surface area contributed by atoms with Crippen LogP contribution in [0.25, 0.3) is 0 Å². The fourth-order valence-corrected chi connectivity index (χ4v) is 2.21.